The van der Waals surface area contributed by atoms with Gasteiger partial charge in [0.1, 0.15) is 5.75 Å². The van der Waals surface area contributed by atoms with E-state index in [9.17, 15) is 4.79 Å². The number of hydrogen-bond donors (Lipinski definition) is 2. The summed E-state index contributed by atoms with van der Waals surface area (Å²) in [5, 5.41) is 2.89. The first-order valence-corrected chi connectivity index (χ1v) is 6.95. The molecule has 1 aromatic rings. The van der Waals surface area contributed by atoms with Crippen LogP contribution in [0.1, 0.15) is 32.8 Å². The van der Waals surface area contributed by atoms with Gasteiger partial charge < -0.3 is 15.8 Å². The number of benzene rings is 1. The largest absolute Gasteiger partial charge is 0.497 e. The molecule has 0 saturated heterocycles. The Hall–Kier alpha value is -1.55. The second-order valence-corrected chi connectivity index (χ2v) is 6.36. The Labute approximate surface area is 121 Å². The molecule has 0 aliphatic rings. The zero-order chi connectivity index (χ0) is 15.2. The van der Waals surface area contributed by atoms with Crippen LogP contribution in [0.4, 0.5) is 0 Å². The van der Waals surface area contributed by atoms with Gasteiger partial charge in [-0.15, -0.1) is 0 Å². The second kappa shape index (κ2) is 7.29. The third-order valence-electron chi connectivity index (χ3n) is 2.93. The van der Waals surface area contributed by atoms with Crippen molar-refractivity contribution in [2.24, 2.45) is 11.1 Å². The molecule has 0 aliphatic carbocycles. The summed E-state index contributed by atoms with van der Waals surface area (Å²) in [5.41, 5.74) is 7.13. The third-order valence-corrected chi connectivity index (χ3v) is 2.93. The van der Waals surface area contributed by atoms with Crippen LogP contribution in [0.15, 0.2) is 24.3 Å². The Morgan fingerprint density at radius 2 is 2.10 bits per heavy atom. The van der Waals surface area contributed by atoms with Gasteiger partial charge >= 0.3 is 0 Å². The van der Waals surface area contributed by atoms with Gasteiger partial charge in [0, 0.05) is 12.6 Å². The fourth-order valence-electron chi connectivity index (χ4n) is 2.13. The van der Waals surface area contributed by atoms with Crippen LogP contribution >= 0.6 is 0 Å². The molecular weight excluding hydrogens is 252 g/mol. The topological polar surface area (TPSA) is 64.3 Å². The summed E-state index contributed by atoms with van der Waals surface area (Å²) in [5.74, 6) is 0.752. The highest BCUT2D eigenvalue weighted by Crippen LogP contribution is 2.19. The number of amides is 1. The summed E-state index contributed by atoms with van der Waals surface area (Å²) in [6, 6.07) is 7.52. The molecule has 20 heavy (non-hydrogen) atoms. The average Bonchev–Trinajstić information content (AvgIpc) is 2.34. The van der Waals surface area contributed by atoms with Crippen LogP contribution in [-0.2, 0) is 11.2 Å². The van der Waals surface area contributed by atoms with E-state index in [0.29, 0.717) is 13.0 Å². The van der Waals surface area contributed by atoms with E-state index < -0.39 is 0 Å². The Balaban J connectivity index is 2.40. The highest BCUT2D eigenvalue weighted by molar-refractivity contribution is 5.78. The van der Waals surface area contributed by atoms with E-state index in [2.05, 4.69) is 26.1 Å². The van der Waals surface area contributed by atoms with E-state index in [4.69, 9.17) is 10.5 Å². The van der Waals surface area contributed by atoms with Crippen molar-refractivity contribution in [3.8, 4) is 5.75 Å². The highest BCUT2D eigenvalue weighted by Gasteiger charge is 2.16. The van der Waals surface area contributed by atoms with Gasteiger partial charge in [0.25, 0.3) is 0 Å². The average molecular weight is 278 g/mol. The van der Waals surface area contributed by atoms with Crippen molar-refractivity contribution in [3.05, 3.63) is 29.8 Å². The quantitative estimate of drug-likeness (QED) is 0.837. The van der Waals surface area contributed by atoms with E-state index in [0.717, 1.165) is 17.7 Å². The molecule has 0 aliphatic heterocycles. The van der Waals surface area contributed by atoms with Crippen LogP contribution in [0, 0.1) is 5.41 Å². The van der Waals surface area contributed by atoms with Gasteiger partial charge in [0.15, 0.2) is 0 Å². The van der Waals surface area contributed by atoms with Crippen LogP contribution in [0.25, 0.3) is 0 Å². The molecule has 1 aromatic carbocycles. The van der Waals surface area contributed by atoms with E-state index in [1.54, 1.807) is 7.11 Å². The van der Waals surface area contributed by atoms with Crippen LogP contribution in [0.2, 0.25) is 0 Å². The predicted molar refractivity (Wildman–Crippen MR) is 81.8 cm³/mol. The SMILES string of the molecule is COc1cccc(CC(=O)NCC(N)CC(C)(C)C)c1. The van der Waals surface area contributed by atoms with Crippen molar-refractivity contribution in [1.82, 2.24) is 5.32 Å². The lowest BCUT2D eigenvalue weighted by molar-refractivity contribution is -0.120. The molecule has 0 aromatic heterocycles. The van der Waals surface area contributed by atoms with Gasteiger partial charge in [-0.2, -0.15) is 0 Å². The van der Waals surface area contributed by atoms with Gasteiger partial charge in [0.05, 0.1) is 13.5 Å². The van der Waals surface area contributed by atoms with Crippen LogP contribution in [-0.4, -0.2) is 25.6 Å². The number of hydrogen-bond acceptors (Lipinski definition) is 3. The Morgan fingerprint density at radius 1 is 1.40 bits per heavy atom. The Morgan fingerprint density at radius 3 is 2.70 bits per heavy atom. The molecule has 0 saturated carbocycles. The normalized spacial score (nSPS) is 12.8. The van der Waals surface area contributed by atoms with Crippen LogP contribution < -0.4 is 15.8 Å². The highest BCUT2D eigenvalue weighted by atomic mass is 16.5. The summed E-state index contributed by atoms with van der Waals surface area (Å²) in [4.78, 5) is 11.9. The number of ether oxygens (including phenoxy) is 1. The second-order valence-electron chi connectivity index (χ2n) is 6.36. The monoisotopic (exact) mass is 278 g/mol. The first-order chi connectivity index (χ1) is 9.30. The molecule has 112 valence electrons. The van der Waals surface area contributed by atoms with Gasteiger partial charge in [-0.25, -0.2) is 0 Å². The van der Waals surface area contributed by atoms with Crippen molar-refractivity contribution in [2.45, 2.75) is 39.7 Å². The molecule has 4 nitrogen and oxygen atoms in total. The molecule has 1 rings (SSSR count). The molecule has 0 bridgehead atoms. The van der Waals surface area contributed by atoms with Crippen molar-refractivity contribution in [1.29, 1.82) is 0 Å². The zero-order valence-corrected chi connectivity index (χ0v) is 12.9. The summed E-state index contributed by atoms with van der Waals surface area (Å²) in [6.45, 7) is 6.95. The van der Waals surface area contributed by atoms with Gasteiger partial charge in [-0.3, -0.25) is 4.79 Å². The molecule has 4 heteroatoms. The number of carbonyl (C=O) groups is 1. The number of methoxy groups -OCH3 is 1. The lowest BCUT2D eigenvalue weighted by Crippen LogP contribution is -2.39. The molecule has 0 heterocycles. The smallest absolute Gasteiger partial charge is 0.224 e. The molecule has 1 amide bonds. The van der Waals surface area contributed by atoms with E-state index >= 15 is 0 Å². The van der Waals surface area contributed by atoms with E-state index in [1.807, 2.05) is 24.3 Å². The molecule has 0 radical (unpaired) electrons. The van der Waals surface area contributed by atoms with Gasteiger partial charge in [-0.1, -0.05) is 32.9 Å². The molecule has 0 fully saturated rings. The number of rotatable bonds is 6. The lowest BCUT2D eigenvalue weighted by Gasteiger charge is -2.23. The lowest BCUT2D eigenvalue weighted by atomic mass is 9.88. The fourth-order valence-corrected chi connectivity index (χ4v) is 2.13. The summed E-state index contributed by atoms with van der Waals surface area (Å²) < 4.78 is 5.14. The van der Waals surface area contributed by atoms with Gasteiger partial charge in [0.2, 0.25) is 5.91 Å². The van der Waals surface area contributed by atoms with Crippen LogP contribution in [0.3, 0.4) is 0 Å². The standard InChI is InChI=1S/C16H26N2O2/c1-16(2,3)10-13(17)11-18-15(19)9-12-6-5-7-14(8-12)20-4/h5-8,13H,9-11,17H2,1-4H3,(H,18,19). The number of carbonyl (C=O) groups excluding carboxylic acids is 1. The molecule has 1 unspecified atom stereocenters. The molecule has 3 N–H and O–H groups in total. The maximum Gasteiger partial charge on any atom is 0.224 e. The predicted octanol–water partition coefficient (Wildman–Crippen LogP) is 2.12. The van der Waals surface area contributed by atoms with Crippen molar-refractivity contribution >= 4 is 5.91 Å². The summed E-state index contributed by atoms with van der Waals surface area (Å²) in [7, 11) is 1.62. The zero-order valence-electron chi connectivity index (χ0n) is 12.9. The van der Waals surface area contributed by atoms with E-state index in [1.165, 1.54) is 0 Å². The van der Waals surface area contributed by atoms with Crippen molar-refractivity contribution in [2.75, 3.05) is 13.7 Å². The van der Waals surface area contributed by atoms with E-state index in [-0.39, 0.29) is 17.4 Å². The fraction of sp³-hybridized carbons (Fsp3) is 0.562. The minimum atomic E-state index is -0.0115. The van der Waals surface area contributed by atoms with Crippen molar-refractivity contribution in [3.63, 3.8) is 0 Å². The first kappa shape index (κ1) is 16.5. The molecule has 1 atom stereocenters. The van der Waals surface area contributed by atoms with Crippen LogP contribution in [0.5, 0.6) is 5.75 Å². The minimum Gasteiger partial charge on any atom is -0.497 e. The third kappa shape index (κ3) is 6.57. The first-order valence-electron chi connectivity index (χ1n) is 6.95. The summed E-state index contributed by atoms with van der Waals surface area (Å²) in [6.07, 6.45) is 1.23. The maximum absolute atomic E-state index is 11.9. The summed E-state index contributed by atoms with van der Waals surface area (Å²) >= 11 is 0. The van der Waals surface area contributed by atoms with Gasteiger partial charge in [-0.05, 0) is 29.5 Å². The number of nitrogens with one attached hydrogen (secondary N) is 1. The molecular formula is C16H26N2O2. The Kier molecular flexibility index (Phi) is 6.02. The van der Waals surface area contributed by atoms with Crippen molar-refractivity contribution < 1.29 is 9.53 Å². The number of nitrogens with two attached hydrogens (primary N) is 1. The Bertz CT molecular complexity index is 438. The minimum absolute atomic E-state index is 0.00994. The molecule has 0 spiro atoms. The maximum atomic E-state index is 11.9.